The molecule has 1 unspecified atom stereocenters. The number of benzene rings is 2. The van der Waals surface area contributed by atoms with E-state index in [4.69, 9.17) is 5.10 Å². The van der Waals surface area contributed by atoms with Gasteiger partial charge in [0.15, 0.2) is 0 Å². The Bertz CT molecular complexity index is 1820. The van der Waals surface area contributed by atoms with E-state index in [0.29, 0.717) is 36.2 Å². The lowest BCUT2D eigenvalue weighted by atomic mass is 9.87. The smallest absolute Gasteiger partial charge is 0.386 e. The van der Waals surface area contributed by atoms with E-state index in [1.165, 1.54) is 0 Å². The molecule has 2 aliphatic rings. The van der Waals surface area contributed by atoms with Crippen LogP contribution in [-0.2, 0) is 27.9 Å². The number of halogens is 3. The second kappa shape index (κ2) is 12.5. The Labute approximate surface area is 269 Å². The number of aliphatic hydroxyl groups is 1. The molecule has 0 saturated carbocycles. The molecule has 0 radical (unpaired) electrons. The van der Waals surface area contributed by atoms with Crippen molar-refractivity contribution in [2.75, 3.05) is 18.4 Å². The summed E-state index contributed by atoms with van der Waals surface area (Å²) in [6.07, 6.45) is 0.651. The first-order valence-electron chi connectivity index (χ1n) is 15.5. The summed E-state index contributed by atoms with van der Waals surface area (Å²) in [6.45, 7) is 5.46. The number of aromatic nitrogens is 3. The van der Waals surface area contributed by atoms with Gasteiger partial charge in [-0.3, -0.25) is 34.3 Å². The highest BCUT2D eigenvalue weighted by atomic mass is 19.4. The van der Waals surface area contributed by atoms with E-state index in [0.717, 1.165) is 60.8 Å². The number of fused-ring (bicyclic) bond motifs is 1. The quantitative estimate of drug-likeness (QED) is 0.233. The summed E-state index contributed by atoms with van der Waals surface area (Å²) in [4.78, 5) is 42.9. The van der Waals surface area contributed by atoms with Crippen LogP contribution in [0, 0.1) is 0 Å². The van der Waals surface area contributed by atoms with Gasteiger partial charge in [-0.05, 0) is 68.5 Å². The van der Waals surface area contributed by atoms with Crippen LogP contribution in [-0.4, -0.2) is 55.6 Å². The number of pyridine rings is 1. The highest BCUT2D eigenvalue weighted by Crippen LogP contribution is 2.35. The Morgan fingerprint density at radius 1 is 1.06 bits per heavy atom. The third kappa shape index (κ3) is 7.05. The predicted molar refractivity (Wildman–Crippen MR) is 167 cm³/mol. The van der Waals surface area contributed by atoms with Crippen molar-refractivity contribution in [3.63, 3.8) is 0 Å². The van der Waals surface area contributed by atoms with Crippen molar-refractivity contribution >= 4 is 34.3 Å². The van der Waals surface area contributed by atoms with Crippen molar-refractivity contribution < 1.29 is 32.7 Å². The molecular weight excluding hydrogens is 613 g/mol. The number of nitrogens with zero attached hydrogens (tertiary/aromatic N) is 4. The van der Waals surface area contributed by atoms with Gasteiger partial charge in [-0.2, -0.15) is 18.3 Å². The number of carbonyl (C=O) groups is 3. The van der Waals surface area contributed by atoms with E-state index in [1.54, 1.807) is 26.0 Å². The van der Waals surface area contributed by atoms with Gasteiger partial charge in [-0.15, -0.1) is 0 Å². The summed E-state index contributed by atoms with van der Waals surface area (Å²) in [7, 11) is 0. The molecule has 3 amide bonds. The van der Waals surface area contributed by atoms with Crippen molar-refractivity contribution in [1.29, 1.82) is 0 Å². The van der Waals surface area contributed by atoms with Crippen LogP contribution in [0.25, 0.3) is 10.9 Å². The Morgan fingerprint density at radius 3 is 2.47 bits per heavy atom. The fourth-order valence-electron chi connectivity index (χ4n) is 6.37. The van der Waals surface area contributed by atoms with Gasteiger partial charge in [-0.1, -0.05) is 24.3 Å². The Morgan fingerprint density at radius 2 is 1.81 bits per heavy atom. The lowest BCUT2D eigenvalue weighted by Gasteiger charge is -2.33. The number of likely N-dealkylation sites (tertiary alicyclic amines) is 1. The number of alkyl halides is 3. The van der Waals surface area contributed by atoms with Gasteiger partial charge in [-0.25, -0.2) is 0 Å². The molecule has 2 aliphatic heterocycles. The Kier molecular flexibility index (Phi) is 8.62. The van der Waals surface area contributed by atoms with Crippen LogP contribution < -0.4 is 10.6 Å². The third-order valence-corrected chi connectivity index (χ3v) is 8.88. The highest BCUT2D eigenvalue weighted by Gasteiger charge is 2.33. The average Bonchev–Trinajstić information content (AvgIpc) is 3.44. The molecule has 2 saturated heterocycles. The molecule has 13 heteroatoms. The van der Waals surface area contributed by atoms with Gasteiger partial charge in [0.25, 0.3) is 5.91 Å². The fourth-order valence-corrected chi connectivity index (χ4v) is 6.37. The summed E-state index contributed by atoms with van der Waals surface area (Å²) in [5.41, 5.74) is 0.895. The van der Waals surface area contributed by atoms with Crippen molar-refractivity contribution in [3.8, 4) is 0 Å². The lowest BCUT2D eigenvalue weighted by Crippen LogP contribution is -2.40. The number of anilines is 1. The summed E-state index contributed by atoms with van der Waals surface area (Å²) < 4.78 is 40.7. The monoisotopic (exact) mass is 648 g/mol. The van der Waals surface area contributed by atoms with Gasteiger partial charge in [0.2, 0.25) is 11.8 Å². The first-order valence-corrected chi connectivity index (χ1v) is 15.5. The van der Waals surface area contributed by atoms with Crippen LogP contribution in [0.5, 0.6) is 0 Å². The zero-order valence-electron chi connectivity index (χ0n) is 26.0. The van der Waals surface area contributed by atoms with Crippen molar-refractivity contribution in [1.82, 2.24) is 25.0 Å². The first-order chi connectivity index (χ1) is 22.3. The standard InChI is InChI=1S/C34H35F3N6O4/c1-33(2,47)26-16-27-22(15-28(26)39-31(45)20-7-9-29(38-17-20)34(35,36)37)19-43(41-27)23-11-13-42(14-12-23)18-21-5-3-4-6-24(21)25-8-10-30(44)40-32(25)46/h3-7,9,15-17,19,23,25,47H,8,10-14,18H2,1-2H3,(H,39,45)(H,40,44,46). The van der Waals surface area contributed by atoms with Gasteiger partial charge >= 0.3 is 6.18 Å². The number of nitrogens with one attached hydrogen (secondary N) is 2. The Hall–Kier alpha value is -4.62. The highest BCUT2D eigenvalue weighted by molar-refractivity contribution is 6.05. The van der Waals surface area contributed by atoms with Crippen molar-refractivity contribution in [2.24, 2.45) is 0 Å². The number of piperidine rings is 2. The van der Waals surface area contributed by atoms with E-state index in [2.05, 4.69) is 20.5 Å². The molecule has 4 heterocycles. The second-order valence-electron chi connectivity index (χ2n) is 12.7. The molecule has 0 aliphatic carbocycles. The molecule has 3 N–H and O–H groups in total. The van der Waals surface area contributed by atoms with Gasteiger partial charge in [0.1, 0.15) is 5.69 Å². The minimum absolute atomic E-state index is 0.0537. The van der Waals surface area contributed by atoms with Crippen LogP contribution >= 0.6 is 0 Å². The number of imide groups is 1. The molecule has 47 heavy (non-hydrogen) atoms. The third-order valence-electron chi connectivity index (χ3n) is 8.88. The minimum Gasteiger partial charge on any atom is -0.386 e. The second-order valence-corrected chi connectivity index (χ2v) is 12.7. The van der Waals surface area contributed by atoms with Crippen LogP contribution in [0.15, 0.2) is 60.9 Å². The van der Waals surface area contributed by atoms with E-state index < -0.39 is 23.4 Å². The largest absolute Gasteiger partial charge is 0.433 e. The molecule has 4 aromatic rings. The lowest BCUT2D eigenvalue weighted by molar-refractivity contribution is -0.141. The zero-order valence-corrected chi connectivity index (χ0v) is 26.0. The molecule has 2 fully saturated rings. The SMILES string of the molecule is CC(C)(O)c1cc2nn(C3CCN(Cc4ccccc4C4CCC(=O)NC4=O)CC3)cc2cc1NC(=O)c1ccc(C(F)(F)F)nc1. The summed E-state index contributed by atoms with van der Waals surface area (Å²) in [5.74, 6) is -1.47. The molecule has 246 valence electrons. The maximum absolute atomic E-state index is 13.0. The van der Waals surface area contributed by atoms with Crippen LogP contribution in [0.2, 0.25) is 0 Å². The van der Waals surface area contributed by atoms with E-state index >= 15 is 0 Å². The van der Waals surface area contributed by atoms with Gasteiger partial charge in [0.05, 0.1) is 28.6 Å². The summed E-state index contributed by atoms with van der Waals surface area (Å²) >= 11 is 0. The van der Waals surface area contributed by atoms with Gasteiger partial charge in [0, 0.05) is 55.1 Å². The minimum atomic E-state index is -4.62. The predicted octanol–water partition coefficient (Wildman–Crippen LogP) is 5.29. The molecule has 10 nitrogen and oxygen atoms in total. The molecule has 2 aromatic heterocycles. The molecule has 0 bridgehead atoms. The summed E-state index contributed by atoms with van der Waals surface area (Å²) in [6, 6.07) is 13.2. The summed E-state index contributed by atoms with van der Waals surface area (Å²) in [5, 5.41) is 21.6. The molecule has 1 atom stereocenters. The molecule has 0 spiro atoms. The van der Waals surface area contributed by atoms with Crippen molar-refractivity contribution in [2.45, 2.75) is 69.8 Å². The van der Waals surface area contributed by atoms with E-state index in [-0.39, 0.29) is 29.3 Å². The Balaban J connectivity index is 1.16. The van der Waals surface area contributed by atoms with E-state index in [9.17, 15) is 32.7 Å². The molecule has 2 aromatic carbocycles. The molecule has 6 rings (SSSR count). The number of rotatable bonds is 7. The number of carbonyl (C=O) groups excluding carboxylic acids is 3. The normalized spacial score (nSPS) is 18.4. The number of hydrogen-bond donors (Lipinski definition) is 3. The van der Waals surface area contributed by atoms with Crippen LogP contribution in [0.3, 0.4) is 0 Å². The average molecular weight is 649 g/mol. The van der Waals surface area contributed by atoms with Crippen LogP contribution in [0.1, 0.15) is 84.2 Å². The number of amides is 3. The number of hydrogen-bond acceptors (Lipinski definition) is 7. The zero-order chi connectivity index (χ0) is 33.5. The topological polar surface area (TPSA) is 129 Å². The maximum atomic E-state index is 13.0. The van der Waals surface area contributed by atoms with Gasteiger partial charge < -0.3 is 10.4 Å². The van der Waals surface area contributed by atoms with Crippen molar-refractivity contribution in [3.05, 3.63) is 88.9 Å². The first kappa shape index (κ1) is 32.3. The van der Waals surface area contributed by atoms with E-state index in [1.807, 2.05) is 35.1 Å². The fraction of sp³-hybridized carbons (Fsp3) is 0.382. The van der Waals surface area contributed by atoms with Crippen LogP contribution in [0.4, 0.5) is 18.9 Å². The molecular formula is C34H35F3N6O4. The maximum Gasteiger partial charge on any atom is 0.433 e.